The molecule has 86 heavy (non-hydrogen) atoms. The van der Waals surface area contributed by atoms with Crippen LogP contribution in [0.5, 0.6) is 0 Å². The molecule has 1 aliphatic heterocycles. The molecule has 0 aromatic heterocycles. The summed E-state index contributed by atoms with van der Waals surface area (Å²) >= 11 is 0. The van der Waals surface area contributed by atoms with E-state index >= 15 is 0 Å². The highest BCUT2D eigenvalue weighted by molar-refractivity contribution is 5.80. The van der Waals surface area contributed by atoms with Gasteiger partial charge < -0.3 is 45.1 Å². The topological polar surface area (TPSA) is 175 Å². The summed E-state index contributed by atoms with van der Waals surface area (Å²) in [4.78, 5) is 26.7. The Hall–Kier alpha value is -2.90. The van der Waals surface area contributed by atoms with Crippen LogP contribution >= 0.6 is 0 Å². The molecular weight excluding hydrogens is 1070 g/mol. The Morgan fingerprint density at radius 1 is 0.465 bits per heavy atom. The number of carbonyl (C=O) groups is 2. The summed E-state index contributed by atoms with van der Waals surface area (Å²) in [6.45, 7) is 5.71. The molecule has 6 N–H and O–H groups in total. The maximum atomic E-state index is 13.5. The van der Waals surface area contributed by atoms with Gasteiger partial charge in [0.05, 0.1) is 25.4 Å². The Labute approximate surface area is 528 Å². The van der Waals surface area contributed by atoms with Gasteiger partial charge in [-0.25, -0.2) is 0 Å². The lowest BCUT2D eigenvalue weighted by atomic mass is 9.99. The summed E-state index contributed by atoms with van der Waals surface area (Å²) in [6.07, 6.45) is 70.9. The Kier molecular flexibility index (Phi) is 58.8. The predicted molar refractivity (Wildman–Crippen MR) is 361 cm³/mol. The van der Waals surface area contributed by atoms with Crippen molar-refractivity contribution in [3.8, 4) is 0 Å². The number of ether oxygens (including phenoxy) is 3. The number of carbonyl (C=O) groups excluding carboxylic acids is 2. The first-order valence-electron chi connectivity index (χ1n) is 36.2. The number of amides is 1. The van der Waals surface area contributed by atoms with E-state index in [0.717, 1.165) is 103 Å². The molecule has 500 valence electrons. The van der Waals surface area contributed by atoms with Crippen molar-refractivity contribution in [2.75, 3.05) is 13.2 Å². The SMILES string of the molecule is CC/C=C\C/C=C\C/C=C\C/C=C\C/C=C\CCCCCCCC(=O)OC1C(OCC(NC(=O)C(O)CCCCCCCCCCCCCCCCCCCCCCCCCC)C(O)/C=C/CCCCCCCCCCCC)OC(CO)C(O)C1O. The van der Waals surface area contributed by atoms with Gasteiger partial charge in [0.15, 0.2) is 12.4 Å². The van der Waals surface area contributed by atoms with Crippen LogP contribution in [0.15, 0.2) is 72.9 Å². The van der Waals surface area contributed by atoms with Crippen molar-refractivity contribution in [3.63, 3.8) is 0 Å². The van der Waals surface area contributed by atoms with E-state index in [-0.39, 0.29) is 13.0 Å². The van der Waals surface area contributed by atoms with Crippen molar-refractivity contribution >= 4 is 11.9 Å². The lowest BCUT2D eigenvalue weighted by Gasteiger charge is -2.41. The van der Waals surface area contributed by atoms with Crippen molar-refractivity contribution in [3.05, 3.63) is 72.9 Å². The first-order chi connectivity index (χ1) is 42.2. The average Bonchev–Trinajstić information content (AvgIpc) is 3.38. The number of unbranched alkanes of at least 4 members (excludes halogenated alkanes) is 38. The minimum atomic E-state index is -1.62. The number of nitrogens with one attached hydrogen (secondary N) is 1. The third-order valence-electron chi connectivity index (χ3n) is 16.9. The molecule has 0 saturated carbocycles. The van der Waals surface area contributed by atoms with Crippen molar-refractivity contribution in [2.45, 2.75) is 378 Å². The second-order valence-electron chi connectivity index (χ2n) is 24.9. The monoisotopic (exact) mass is 1210 g/mol. The van der Waals surface area contributed by atoms with Gasteiger partial charge in [-0.05, 0) is 70.6 Å². The fourth-order valence-corrected chi connectivity index (χ4v) is 11.2. The number of hydrogen-bond donors (Lipinski definition) is 6. The number of aliphatic hydroxyl groups is 5. The number of rotatable bonds is 62. The third-order valence-corrected chi connectivity index (χ3v) is 16.9. The van der Waals surface area contributed by atoms with Gasteiger partial charge in [-0.2, -0.15) is 0 Å². The van der Waals surface area contributed by atoms with Crippen LogP contribution in [-0.2, 0) is 23.8 Å². The molecule has 0 bridgehead atoms. The number of esters is 1. The van der Waals surface area contributed by atoms with E-state index in [0.29, 0.717) is 19.3 Å². The van der Waals surface area contributed by atoms with E-state index in [2.05, 4.69) is 86.8 Å². The molecule has 11 heteroatoms. The van der Waals surface area contributed by atoms with Gasteiger partial charge in [-0.3, -0.25) is 9.59 Å². The Morgan fingerprint density at radius 3 is 1.26 bits per heavy atom. The number of allylic oxidation sites excluding steroid dienone is 11. The van der Waals surface area contributed by atoms with E-state index in [1.807, 2.05) is 6.08 Å². The molecule has 0 aliphatic carbocycles. The largest absolute Gasteiger partial charge is 0.454 e. The van der Waals surface area contributed by atoms with Gasteiger partial charge in [0.25, 0.3) is 0 Å². The molecule has 8 unspecified atom stereocenters. The van der Waals surface area contributed by atoms with Gasteiger partial charge in [0.1, 0.15) is 24.4 Å². The lowest BCUT2D eigenvalue weighted by molar-refractivity contribution is -0.305. The van der Waals surface area contributed by atoms with E-state index < -0.39 is 67.4 Å². The van der Waals surface area contributed by atoms with Crippen LogP contribution in [0.2, 0.25) is 0 Å². The van der Waals surface area contributed by atoms with Gasteiger partial charge in [-0.15, -0.1) is 0 Å². The summed E-state index contributed by atoms with van der Waals surface area (Å²) < 4.78 is 17.7. The summed E-state index contributed by atoms with van der Waals surface area (Å²) in [5, 5.41) is 57.3. The minimum Gasteiger partial charge on any atom is -0.454 e. The van der Waals surface area contributed by atoms with E-state index in [1.165, 1.54) is 180 Å². The van der Waals surface area contributed by atoms with Crippen LogP contribution in [-0.4, -0.2) is 99.6 Å². The van der Waals surface area contributed by atoms with E-state index in [9.17, 15) is 35.1 Å². The molecule has 8 atom stereocenters. The van der Waals surface area contributed by atoms with Crippen molar-refractivity contribution in [2.24, 2.45) is 0 Å². The zero-order valence-corrected chi connectivity index (χ0v) is 55.7. The molecular formula is C75H135NO10. The van der Waals surface area contributed by atoms with Crippen LogP contribution in [0.3, 0.4) is 0 Å². The Morgan fingerprint density at radius 2 is 0.837 bits per heavy atom. The zero-order valence-electron chi connectivity index (χ0n) is 55.7. The molecule has 1 aliphatic rings. The molecule has 1 heterocycles. The van der Waals surface area contributed by atoms with Crippen molar-refractivity contribution in [1.82, 2.24) is 5.32 Å². The Balaban J connectivity index is 2.57. The van der Waals surface area contributed by atoms with Crippen LogP contribution in [0, 0.1) is 0 Å². The highest BCUT2D eigenvalue weighted by atomic mass is 16.7. The predicted octanol–water partition coefficient (Wildman–Crippen LogP) is 18.7. The van der Waals surface area contributed by atoms with Crippen LogP contribution in [0.4, 0.5) is 0 Å². The second-order valence-corrected chi connectivity index (χ2v) is 24.9. The summed E-state index contributed by atoms with van der Waals surface area (Å²) in [7, 11) is 0. The first-order valence-corrected chi connectivity index (χ1v) is 36.2. The van der Waals surface area contributed by atoms with Crippen LogP contribution in [0.25, 0.3) is 0 Å². The minimum absolute atomic E-state index is 0.100. The third kappa shape index (κ3) is 49.0. The highest BCUT2D eigenvalue weighted by Crippen LogP contribution is 2.26. The lowest BCUT2D eigenvalue weighted by Crippen LogP contribution is -2.61. The maximum absolute atomic E-state index is 13.5. The second kappa shape index (κ2) is 62.3. The number of aliphatic hydroxyl groups excluding tert-OH is 5. The van der Waals surface area contributed by atoms with Crippen molar-refractivity contribution in [1.29, 1.82) is 0 Å². The molecule has 1 saturated heterocycles. The first kappa shape index (κ1) is 81.1. The van der Waals surface area contributed by atoms with Crippen LogP contribution < -0.4 is 5.32 Å². The molecule has 0 spiro atoms. The quantitative estimate of drug-likeness (QED) is 0.0195. The normalized spacial score (nSPS) is 18.7. The van der Waals surface area contributed by atoms with Gasteiger partial charge in [0, 0.05) is 6.42 Å². The average molecular weight is 1210 g/mol. The van der Waals surface area contributed by atoms with Gasteiger partial charge in [0.2, 0.25) is 5.91 Å². The molecule has 1 rings (SSSR count). The molecule has 0 radical (unpaired) electrons. The fraction of sp³-hybridized carbons (Fsp3) is 0.813. The summed E-state index contributed by atoms with van der Waals surface area (Å²) in [5.74, 6) is -1.21. The van der Waals surface area contributed by atoms with Crippen molar-refractivity contribution < 1.29 is 49.3 Å². The summed E-state index contributed by atoms with van der Waals surface area (Å²) in [5.41, 5.74) is 0. The molecule has 1 amide bonds. The zero-order chi connectivity index (χ0) is 62.4. The molecule has 11 nitrogen and oxygen atoms in total. The van der Waals surface area contributed by atoms with Crippen LogP contribution in [0.1, 0.15) is 329 Å². The van der Waals surface area contributed by atoms with E-state index in [1.54, 1.807) is 6.08 Å². The van der Waals surface area contributed by atoms with Gasteiger partial charge >= 0.3 is 5.97 Å². The number of hydrogen-bond acceptors (Lipinski definition) is 10. The Bertz CT molecular complexity index is 1680. The fourth-order valence-electron chi connectivity index (χ4n) is 11.2. The standard InChI is InChI=1S/C75H135NO10/c1-4-7-10-13-16-19-22-25-27-29-31-33-34-35-37-38-40-42-44-47-50-53-56-59-62-68(79)74(83)76-66(67(78)61-58-55-52-49-46-24-21-18-15-12-9-6-3)65-84-75-73(72(82)71(81)69(64-77)85-75)86-70(80)63-60-57-54-51-48-45-43-41-39-36-32-30-28-26-23-20-17-14-11-8-5-2/h8,11,17,20,26,28,32,36,41,43,58,61,66-69,71-73,75,77-79,81-82H,4-7,9-10,12-16,18-19,21-25,27,29-31,33-35,37-40,42,44-57,59-60,62-65H2,1-3H3,(H,76,83)/b11-8-,20-17-,28-26-,36-32-,43-41-,61-58+. The molecule has 1 fully saturated rings. The maximum Gasteiger partial charge on any atom is 0.306 e. The smallest absolute Gasteiger partial charge is 0.306 e. The van der Waals surface area contributed by atoms with E-state index in [4.69, 9.17) is 14.2 Å². The summed E-state index contributed by atoms with van der Waals surface area (Å²) in [6, 6.07) is -1.03. The highest BCUT2D eigenvalue weighted by Gasteiger charge is 2.47. The molecule has 0 aromatic rings. The van der Waals surface area contributed by atoms with Gasteiger partial charge in [-0.1, -0.05) is 325 Å². The molecule has 0 aromatic carbocycles.